The number of hydrogen-bond acceptors (Lipinski definition) is 5. The van der Waals surface area contributed by atoms with Crippen LogP contribution in [0.1, 0.15) is 11.1 Å². The van der Waals surface area contributed by atoms with Crippen LogP contribution in [-0.4, -0.2) is 17.3 Å². The number of thiocarbonyl (C=S) groups is 1. The van der Waals surface area contributed by atoms with Crippen molar-refractivity contribution in [1.29, 1.82) is 0 Å². The molecule has 1 aliphatic rings. The molecule has 0 bridgehead atoms. The van der Waals surface area contributed by atoms with Gasteiger partial charge < -0.3 is 14.8 Å². The summed E-state index contributed by atoms with van der Waals surface area (Å²) in [5.41, 5.74) is 1.78. The summed E-state index contributed by atoms with van der Waals surface area (Å²) >= 11 is 6.26. The minimum absolute atomic E-state index is 0.204. The second-order valence-electron chi connectivity index (χ2n) is 5.00. The average Bonchev–Trinajstić information content (AvgIpc) is 2.92. The molecule has 2 aromatic carbocycles. The number of carbonyl (C=O) groups is 1. The molecule has 1 N–H and O–H groups in total. The summed E-state index contributed by atoms with van der Waals surface area (Å²) in [6, 6.07) is 15.4. The van der Waals surface area contributed by atoms with E-state index in [4.69, 9.17) is 21.7 Å². The van der Waals surface area contributed by atoms with Crippen LogP contribution in [-0.2, 0) is 11.4 Å². The van der Waals surface area contributed by atoms with E-state index in [2.05, 4.69) is 5.32 Å². The Labute approximate surface area is 149 Å². The Kier molecular flexibility index (Phi) is 5.17. The number of ether oxygens (including phenoxy) is 2. The van der Waals surface area contributed by atoms with Crippen molar-refractivity contribution >= 4 is 40.3 Å². The fraction of sp³-hybridized carbons (Fsp3) is 0.111. The summed E-state index contributed by atoms with van der Waals surface area (Å²) in [5.74, 6) is 1.08. The van der Waals surface area contributed by atoms with Crippen molar-refractivity contribution in [2.45, 2.75) is 6.61 Å². The summed E-state index contributed by atoms with van der Waals surface area (Å²) in [4.78, 5) is 12.4. The normalized spacial score (nSPS) is 15.5. The van der Waals surface area contributed by atoms with Gasteiger partial charge in [-0.05, 0) is 23.8 Å². The fourth-order valence-electron chi connectivity index (χ4n) is 2.26. The predicted octanol–water partition coefficient (Wildman–Crippen LogP) is 3.76. The number of nitrogens with one attached hydrogen (secondary N) is 1. The second-order valence-corrected chi connectivity index (χ2v) is 6.72. The molecule has 0 atom stereocenters. The third kappa shape index (κ3) is 3.77. The van der Waals surface area contributed by atoms with Crippen molar-refractivity contribution in [3.8, 4) is 11.5 Å². The molecular formula is C18H15NO3S2. The Bertz CT molecular complexity index is 803. The van der Waals surface area contributed by atoms with E-state index in [0.717, 1.165) is 11.1 Å². The van der Waals surface area contributed by atoms with Crippen LogP contribution in [0.4, 0.5) is 0 Å². The highest BCUT2D eigenvalue weighted by atomic mass is 32.2. The zero-order valence-electron chi connectivity index (χ0n) is 12.9. The van der Waals surface area contributed by atoms with Crippen LogP contribution in [0, 0.1) is 0 Å². The van der Waals surface area contributed by atoms with Crippen LogP contribution in [0.5, 0.6) is 11.5 Å². The Balaban J connectivity index is 1.90. The van der Waals surface area contributed by atoms with Gasteiger partial charge in [0.2, 0.25) is 0 Å². The zero-order chi connectivity index (χ0) is 16.9. The van der Waals surface area contributed by atoms with Gasteiger partial charge in [-0.3, -0.25) is 4.79 Å². The predicted molar refractivity (Wildman–Crippen MR) is 100 cm³/mol. The second kappa shape index (κ2) is 7.51. The van der Waals surface area contributed by atoms with Crippen molar-refractivity contribution in [1.82, 2.24) is 5.32 Å². The number of amides is 1. The minimum Gasteiger partial charge on any atom is -0.496 e. The minimum atomic E-state index is -0.204. The molecule has 0 aromatic heterocycles. The van der Waals surface area contributed by atoms with Crippen molar-refractivity contribution in [3.63, 3.8) is 0 Å². The standard InChI is InChI=1S/C18H15NO3S2/c1-21-14-8-5-9-15(22-11-12-6-3-2-4-7-12)13(14)10-16-17(20)19-18(23)24-16/h2-10H,11H2,1H3,(H,19,20,23)/b16-10+. The lowest BCUT2D eigenvalue weighted by molar-refractivity contribution is -0.115. The molecule has 1 saturated heterocycles. The molecule has 0 spiro atoms. The summed E-state index contributed by atoms with van der Waals surface area (Å²) in [6.07, 6.45) is 1.75. The summed E-state index contributed by atoms with van der Waals surface area (Å²) < 4.78 is 11.8. The van der Waals surface area contributed by atoms with Gasteiger partial charge in [0.15, 0.2) is 0 Å². The Morgan fingerprint density at radius 2 is 1.88 bits per heavy atom. The molecule has 0 radical (unpaired) electrons. The molecule has 0 aliphatic carbocycles. The largest absolute Gasteiger partial charge is 0.496 e. The highest BCUT2D eigenvalue weighted by Gasteiger charge is 2.23. The number of thioether (sulfide) groups is 1. The number of rotatable bonds is 5. The van der Waals surface area contributed by atoms with Gasteiger partial charge >= 0.3 is 0 Å². The van der Waals surface area contributed by atoms with E-state index >= 15 is 0 Å². The van der Waals surface area contributed by atoms with Gasteiger partial charge in [0, 0.05) is 0 Å². The molecule has 0 saturated carbocycles. The molecule has 24 heavy (non-hydrogen) atoms. The molecular weight excluding hydrogens is 342 g/mol. The van der Waals surface area contributed by atoms with Gasteiger partial charge in [0.1, 0.15) is 22.4 Å². The number of hydrogen-bond donors (Lipinski definition) is 1. The Hall–Kier alpha value is -2.31. The van der Waals surface area contributed by atoms with E-state index < -0.39 is 0 Å². The molecule has 6 heteroatoms. The van der Waals surface area contributed by atoms with Gasteiger partial charge in [-0.2, -0.15) is 0 Å². The van der Waals surface area contributed by atoms with Crippen molar-refractivity contribution in [3.05, 3.63) is 64.6 Å². The lowest BCUT2D eigenvalue weighted by atomic mass is 10.1. The van der Waals surface area contributed by atoms with Crippen molar-refractivity contribution in [2.24, 2.45) is 0 Å². The van der Waals surface area contributed by atoms with Crippen LogP contribution < -0.4 is 14.8 Å². The summed E-state index contributed by atoms with van der Waals surface area (Å²) in [7, 11) is 1.59. The van der Waals surface area contributed by atoms with E-state index in [1.165, 1.54) is 11.8 Å². The fourth-order valence-corrected chi connectivity index (χ4v) is 3.28. The first-order valence-corrected chi connectivity index (χ1v) is 8.48. The average molecular weight is 357 g/mol. The maximum Gasteiger partial charge on any atom is 0.263 e. The van der Waals surface area contributed by atoms with Gasteiger partial charge in [-0.1, -0.05) is 60.4 Å². The molecule has 1 amide bonds. The van der Waals surface area contributed by atoms with Gasteiger partial charge in [-0.25, -0.2) is 0 Å². The van der Waals surface area contributed by atoms with Crippen LogP contribution >= 0.6 is 24.0 Å². The van der Waals surface area contributed by atoms with Crippen LogP contribution in [0.15, 0.2) is 53.4 Å². The monoisotopic (exact) mass is 357 g/mol. The van der Waals surface area contributed by atoms with Crippen LogP contribution in [0.3, 0.4) is 0 Å². The molecule has 1 heterocycles. The van der Waals surface area contributed by atoms with Gasteiger partial charge in [0.25, 0.3) is 5.91 Å². The van der Waals surface area contributed by atoms with E-state index in [-0.39, 0.29) is 5.91 Å². The first kappa shape index (κ1) is 16.5. The number of benzene rings is 2. The SMILES string of the molecule is COc1cccc(OCc2ccccc2)c1/C=C1/SC(=S)NC1=O. The van der Waals surface area contributed by atoms with E-state index in [1.54, 1.807) is 13.2 Å². The Morgan fingerprint density at radius 1 is 1.12 bits per heavy atom. The van der Waals surface area contributed by atoms with Crippen LogP contribution in [0.2, 0.25) is 0 Å². The van der Waals surface area contributed by atoms with E-state index in [1.807, 2.05) is 48.5 Å². The molecule has 1 fully saturated rings. The maximum atomic E-state index is 11.9. The van der Waals surface area contributed by atoms with Crippen molar-refractivity contribution in [2.75, 3.05) is 7.11 Å². The first-order chi connectivity index (χ1) is 11.7. The molecule has 122 valence electrons. The molecule has 4 nitrogen and oxygen atoms in total. The van der Waals surface area contributed by atoms with E-state index in [0.29, 0.717) is 27.3 Å². The third-order valence-corrected chi connectivity index (χ3v) is 4.56. The van der Waals surface area contributed by atoms with Crippen molar-refractivity contribution < 1.29 is 14.3 Å². The first-order valence-electron chi connectivity index (χ1n) is 7.26. The van der Waals surface area contributed by atoms with Crippen LogP contribution in [0.25, 0.3) is 6.08 Å². The lowest BCUT2D eigenvalue weighted by Crippen LogP contribution is -2.17. The highest BCUT2D eigenvalue weighted by Crippen LogP contribution is 2.35. The summed E-state index contributed by atoms with van der Waals surface area (Å²) in [6.45, 7) is 0.432. The van der Waals surface area contributed by atoms with Gasteiger partial charge in [-0.15, -0.1) is 0 Å². The third-order valence-electron chi connectivity index (χ3n) is 3.40. The number of carbonyl (C=O) groups excluding carboxylic acids is 1. The topological polar surface area (TPSA) is 47.6 Å². The zero-order valence-corrected chi connectivity index (χ0v) is 14.6. The summed E-state index contributed by atoms with van der Waals surface area (Å²) in [5, 5.41) is 2.61. The van der Waals surface area contributed by atoms with E-state index in [9.17, 15) is 4.79 Å². The lowest BCUT2D eigenvalue weighted by Gasteiger charge is -2.13. The van der Waals surface area contributed by atoms with Gasteiger partial charge in [0.05, 0.1) is 17.6 Å². The molecule has 2 aromatic rings. The highest BCUT2D eigenvalue weighted by molar-refractivity contribution is 8.26. The maximum absolute atomic E-state index is 11.9. The smallest absolute Gasteiger partial charge is 0.263 e. The number of methoxy groups -OCH3 is 1. The molecule has 1 aliphatic heterocycles. The Morgan fingerprint density at radius 3 is 2.54 bits per heavy atom. The molecule has 3 rings (SSSR count). The quantitative estimate of drug-likeness (QED) is 0.652. The molecule has 0 unspecified atom stereocenters.